The van der Waals surface area contributed by atoms with Crippen molar-refractivity contribution in [3.8, 4) is 0 Å². The van der Waals surface area contributed by atoms with Gasteiger partial charge in [-0.3, -0.25) is 9.59 Å². The van der Waals surface area contributed by atoms with Crippen molar-refractivity contribution in [2.75, 3.05) is 4.90 Å². The number of aromatic nitrogens is 1. The van der Waals surface area contributed by atoms with Gasteiger partial charge < -0.3 is 4.90 Å². The average Bonchev–Trinajstić information content (AvgIpc) is 2.67. The third-order valence-electron chi connectivity index (χ3n) is 3.18. The van der Waals surface area contributed by atoms with Gasteiger partial charge in [-0.2, -0.15) is 0 Å². The molecule has 0 N–H and O–H groups in total. The van der Waals surface area contributed by atoms with E-state index in [9.17, 15) is 14.0 Å². The second kappa shape index (κ2) is 5.09. The Hall–Kier alpha value is -1.98. The number of rotatable bonds is 2. The lowest BCUT2D eigenvalue weighted by molar-refractivity contribution is -0.114. The average molecular weight is 325 g/mol. The van der Waals surface area contributed by atoms with Crippen LogP contribution in [0.5, 0.6) is 0 Å². The van der Waals surface area contributed by atoms with E-state index < -0.39 is 17.5 Å². The molecular formula is C14H7Cl2FN2O2. The van der Waals surface area contributed by atoms with E-state index in [2.05, 4.69) is 4.98 Å². The number of hydrogen-bond acceptors (Lipinski definition) is 3. The van der Waals surface area contributed by atoms with Gasteiger partial charge in [0.05, 0.1) is 22.8 Å². The largest absolute Gasteiger partial charge is 0.300 e. The SMILES string of the molecule is O=C1C(=O)N(Cc2cccnc2Cl)c2cc(F)c(Cl)cc21. The van der Waals surface area contributed by atoms with Gasteiger partial charge in [0.15, 0.2) is 0 Å². The molecule has 106 valence electrons. The van der Waals surface area contributed by atoms with E-state index in [1.165, 1.54) is 11.1 Å². The molecule has 0 unspecified atom stereocenters. The predicted octanol–water partition coefficient (Wildman–Crippen LogP) is 3.26. The van der Waals surface area contributed by atoms with Crippen molar-refractivity contribution in [3.63, 3.8) is 0 Å². The molecule has 1 aromatic carbocycles. The number of nitrogens with zero attached hydrogens (tertiary/aromatic N) is 2. The van der Waals surface area contributed by atoms with Crippen LogP contribution >= 0.6 is 23.2 Å². The summed E-state index contributed by atoms with van der Waals surface area (Å²) in [4.78, 5) is 29.0. The number of amides is 1. The summed E-state index contributed by atoms with van der Waals surface area (Å²) < 4.78 is 13.6. The van der Waals surface area contributed by atoms with Crippen LogP contribution in [-0.4, -0.2) is 16.7 Å². The Morgan fingerprint density at radius 1 is 1.24 bits per heavy atom. The molecular weight excluding hydrogens is 318 g/mol. The lowest BCUT2D eigenvalue weighted by atomic mass is 10.1. The van der Waals surface area contributed by atoms with Gasteiger partial charge in [0, 0.05) is 11.8 Å². The maximum atomic E-state index is 13.6. The van der Waals surface area contributed by atoms with E-state index in [0.29, 0.717) is 5.56 Å². The van der Waals surface area contributed by atoms with Crippen molar-refractivity contribution in [1.82, 2.24) is 4.98 Å². The van der Waals surface area contributed by atoms with Crippen molar-refractivity contribution in [3.05, 3.63) is 57.6 Å². The van der Waals surface area contributed by atoms with E-state index in [1.54, 1.807) is 12.1 Å². The molecule has 0 spiro atoms. The van der Waals surface area contributed by atoms with E-state index in [0.717, 1.165) is 12.1 Å². The first-order valence-electron chi connectivity index (χ1n) is 5.93. The molecule has 7 heteroatoms. The number of halogens is 3. The Labute approximate surface area is 129 Å². The maximum absolute atomic E-state index is 13.6. The van der Waals surface area contributed by atoms with Crippen LogP contribution < -0.4 is 4.90 Å². The molecule has 0 fully saturated rings. The lowest BCUT2D eigenvalue weighted by Crippen LogP contribution is -2.29. The molecule has 2 aromatic rings. The highest BCUT2D eigenvalue weighted by molar-refractivity contribution is 6.52. The molecule has 1 aromatic heterocycles. The van der Waals surface area contributed by atoms with Crippen LogP contribution in [0.25, 0.3) is 0 Å². The van der Waals surface area contributed by atoms with Gasteiger partial charge in [-0.1, -0.05) is 29.3 Å². The van der Waals surface area contributed by atoms with E-state index in [-0.39, 0.29) is 28.0 Å². The smallest absolute Gasteiger partial charge is 0.299 e. The van der Waals surface area contributed by atoms with Gasteiger partial charge >= 0.3 is 0 Å². The molecule has 1 aliphatic rings. The molecule has 2 heterocycles. The van der Waals surface area contributed by atoms with Gasteiger partial charge in [0.25, 0.3) is 11.7 Å². The number of carbonyl (C=O) groups excluding carboxylic acids is 2. The van der Waals surface area contributed by atoms with E-state index >= 15 is 0 Å². The Balaban J connectivity index is 2.06. The summed E-state index contributed by atoms with van der Waals surface area (Å²) in [6.07, 6.45) is 1.51. The Kier molecular flexibility index (Phi) is 3.39. The van der Waals surface area contributed by atoms with Crippen molar-refractivity contribution < 1.29 is 14.0 Å². The molecule has 3 rings (SSSR count). The fraction of sp³-hybridized carbons (Fsp3) is 0.0714. The highest BCUT2D eigenvalue weighted by atomic mass is 35.5. The number of carbonyl (C=O) groups is 2. The molecule has 0 saturated heterocycles. The van der Waals surface area contributed by atoms with Crippen LogP contribution in [0.4, 0.5) is 10.1 Å². The molecule has 1 aliphatic heterocycles. The fourth-order valence-corrected chi connectivity index (χ4v) is 2.50. The quantitative estimate of drug-likeness (QED) is 0.629. The zero-order valence-electron chi connectivity index (χ0n) is 10.4. The van der Waals surface area contributed by atoms with Crippen LogP contribution in [0.1, 0.15) is 15.9 Å². The first-order valence-corrected chi connectivity index (χ1v) is 6.69. The number of ketones is 1. The van der Waals surface area contributed by atoms with E-state index in [4.69, 9.17) is 23.2 Å². The standard InChI is InChI=1S/C14H7Cl2FN2O2/c15-9-4-8-11(5-10(9)17)19(14(21)12(8)20)6-7-2-1-3-18-13(7)16/h1-5H,6H2. The van der Waals surface area contributed by atoms with Gasteiger partial charge in [0.2, 0.25) is 0 Å². The van der Waals surface area contributed by atoms with Gasteiger partial charge in [0.1, 0.15) is 11.0 Å². The topological polar surface area (TPSA) is 50.3 Å². The highest BCUT2D eigenvalue weighted by Crippen LogP contribution is 2.34. The van der Waals surface area contributed by atoms with E-state index in [1.807, 2.05) is 0 Å². The number of hydrogen-bond donors (Lipinski definition) is 0. The van der Waals surface area contributed by atoms with Crippen LogP contribution in [-0.2, 0) is 11.3 Å². The predicted molar refractivity (Wildman–Crippen MR) is 76.2 cm³/mol. The fourth-order valence-electron chi connectivity index (χ4n) is 2.15. The molecule has 0 radical (unpaired) electrons. The number of anilines is 1. The number of Topliss-reactive ketones (excluding diaryl/α,β-unsaturated/α-hetero) is 1. The highest BCUT2D eigenvalue weighted by Gasteiger charge is 2.37. The van der Waals surface area contributed by atoms with Crippen LogP contribution in [0.15, 0.2) is 30.5 Å². The lowest BCUT2D eigenvalue weighted by Gasteiger charge is -2.17. The minimum absolute atomic E-state index is 0.0331. The van der Waals surface area contributed by atoms with Gasteiger partial charge in [-0.15, -0.1) is 0 Å². The summed E-state index contributed by atoms with van der Waals surface area (Å²) in [5.74, 6) is -2.15. The van der Waals surface area contributed by atoms with Crippen molar-refractivity contribution in [2.24, 2.45) is 0 Å². The van der Waals surface area contributed by atoms with Gasteiger partial charge in [-0.25, -0.2) is 9.37 Å². The Morgan fingerprint density at radius 3 is 2.71 bits per heavy atom. The van der Waals surface area contributed by atoms with Crippen molar-refractivity contribution >= 4 is 40.6 Å². The molecule has 4 nitrogen and oxygen atoms in total. The summed E-state index contributed by atoms with van der Waals surface area (Å²) in [5.41, 5.74) is 0.835. The summed E-state index contributed by atoms with van der Waals surface area (Å²) in [6, 6.07) is 5.58. The number of pyridine rings is 1. The zero-order valence-corrected chi connectivity index (χ0v) is 12.0. The third kappa shape index (κ3) is 2.28. The normalized spacial score (nSPS) is 13.8. The minimum Gasteiger partial charge on any atom is -0.300 e. The third-order valence-corrected chi connectivity index (χ3v) is 3.81. The monoisotopic (exact) mass is 324 g/mol. The van der Waals surface area contributed by atoms with Gasteiger partial charge in [-0.05, 0) is 18.2 Å². The Bertz CT molecular complexity index is 780. The van der Waals surface area contributed by atoms with Crippen LogP contribution in [0, 0.1) is 5.82 Å². The number of fused-ring (bicyclic) bond motifs is 1. The first-order chi connectivity index (χ1) is 9.99. The molecule has 0 bridgehead atoms. The summed E-state index contributed by atoms with van der Waals surface area (Å²) in [7, 11) is 0. The Morgan fingerprint density at radius 2 is 2.00 bits per heavy atom. The van der Waals surface area contributed by atoms with Crippen molar-refractivity contribution in [2.45, 2.75) is 6.54 Å². The molecule has 0 atom stereocenters. The summed E-state index contributed by atoms with van der Waals surface area (Å²) in [5, 5.41) is 0.0248. The van der Waals surface area contributed by atoms with Crippen LogP contribution in [0.3, 0.4) is 0 Å². The molecule has 1 amide bonds. The second-order valence-electron chi connectivity index (χ2n) is 4.46. The first kappa shape index (κ1) is 14.0. The minimum atomic E-state index is -0.744. The summed E-state index contributed by atoms with van der Waals surface area (Å²) >= 11 is 11.6. The molecule has 21 heavy (non-hydrogen) atoms. The second-order valence-corrected chi connectivity index (χ2v) is 5.22. The summed E-state index contributed by atoms with van der Waals surface area (Å²) in [6.45, 7) is 0.0331. The maximum Gasteiger partial charge on any atom is 0.299 e. The molecule has 0 aliphatic carbocycles. The van der Waals surface area contributed by atoms with Crippen LogP contribution in [0.2, 0.25) is 10.2 Å². The molecule has 0 saturated carbocycles. The zero-order chi connectivity index (χ0) is 15.1. The number of benzene rings is 1. The van der Waals surface area contributed by atoms with Crippen molar-refractivity contribution in [1.29, 1.82) is 0 Å².